The maximum absolute atomic E-state index is 10.3. The number of rotatable bonds is 10. The molecule has 2 aliphatic rings. The highest BCUT2D eigenvalue weighted by Crippen LogP contribution is 2.41. The molecular formula is C20H39NO. The lowest BCUT2D eigenvalue weighted by molar-refractivity contribution is -0.0346. The van der Waals surface area contributed by atoms with Gasteiger partial charge in [-0.2, -0.15) is 0 Å². The van der Waals surface area contributed by atoms with E-state index in [1.807, 2.05) is 0 Å². The fourth-order valence-electron chi connectivity index (χ4n) is 4.76. The second-order valence-corrected chi connectivity index (χ2v) is 8.26. The third kappa shape index (κ3) is 4.47. The van der Waals surface area contributed by atoms with Crippen molar-refractivity contribution in [2.45, 2.75) is 103 Å². The quantitative estimate of drug-likeness (QED) is 0.574. The van der Waals surface area contributed by atoms with Crippen molar-refractivity contribution in [3.63, 3.8) is 0 Å². The topological polar surface area (TPSA) is 23.5 Å². The summed E-state index contributed by atoms with van der Waals surface area (Å²) in [5.74, 6) is 1.11. The first-order chi connectivity index (χ1) is 10.6. The van der Waals surface area contributed by atoms with E-state index >= 15 is 0 Å². The van der Waals surface area contributed by atoms with E-state index in [0.717, 1.165) is 13.1 Å². The van der Waals surface area contributed by atoms with E-state index < -0.39 is 0 Å². The van der Waals surface area contributed by atoms with Gasteiger partial charge in [0, 0.05) is 18.6 Å². The summed E-state index contributed by atoms with van der Waals surface area (Å²) in [7, 11) is 0. The zero-order valence-electron chi connectivity index (χ0n) is 15.3. The number of fused-ring (bicyclic) bond motifs is 2. The Kier molecular flexibility index (Phi) is 7.21. The highest BCUT2D eigenvalue weighted by atomic mass is 16.3. The first-order valence-corrected chi connectivity index (χ1v) is 10.0. The van der Waals surface area contributed by atoms with Gasteiger partial charge in [-0.1, -0.05) is 58.8 Å². The fraction of sp³-hybridized carbons (Fsp3) is 1.00. The molecule has 0 spiro atoms. The van der Waals surface area contributed by atoms with Crippen LogP contribution >= 0.6 is 0 Å². The normalized spacial score (nSPS) is 31.4. The number of aliphatic hydroxyl groups excluding tert-OH is 1. The second kappa shape index (κ2) is 8.68. The molecule has 1 saturated heterocycles. The molecule has 1 heterocycles. The molecule has 3 atom stereocenters. The summed E-state index contributed by atoms with van der Waals surface area (Å²) in [5.41, 5.74) is 0.379. The van der Waals surface area contributed by atoms with Gasteiger partial charge in [0.1, 0.15) is 0 Å². The highest BCUT2D eigenvalue weighted by Gasteiger charge is 2.45. The molecular weight excluding hydrogens is 270 g/mol. The maximum Gasteiger partial charge on any atom is 0.0620 e. The molecule has 2 fully saturated rings. The molecule has 130 valence electrons. The standard InChI is InChI=1S/C20H39NO/c1-4-6-8-10-14-20(3,13-9-7-5-2)21-15-17-11-12-18(16-21)19(17)22/h17-19,22H,4-16H2,1-3H3. The Hall–Kier alpha value is -0.0800. The molecule has 2 heteroatoms. The number of hydrogen-bond donors (Lipinski definition) is 1. The van der Waals surface area contributed by atoms with Crippen LogP contribution in [0, 0.1) is 11.8 Å². The van der Waals surface area contributed by atoms with Crippen LogP contribution in [0.1, 0.15) is 91.4 Å². The van der Waals surface area contributed by atoms with E-state index in [0.29, 0.717) is 17.4 Å². The summed E-state index contributed by atoms with van der Waals surface area (Å²) < 4.78 is 0. The molecule has 2 bridgehead atoms. The Morgan fingerprint density at radius 1 is 0.864 bits per heavy atom. The van der Waals surface area contributed by atoms with E-state index in [-0.39, 0.29) is 6.10 Å². The molecule has 0 radical (unpaired) electrons. The average molecular weight is 310 g/mol. The number of likely N-dealkylation sites (tertiary alicyclic amines) is 1. The van der Waals surface area contributed by atoms with Gasteiger partial charge < -0.3 is 5.11 Å². The largest absolute Gasteiger partial charge is 0.392 e. The predicted molar refractivity (Wildman–Crippen MR) is 95.1 cm³/mol. The molecule has 2 nitrogen and oxygen atoms in total. The highest BCUT2D eigenvalue weighted by molar-refractivity contribution is 4.98. The number of nitrogens with zero attached hydrogens (tertiary/aromatic N) is 1. The van der Waals surface area contributed by atoms with E-state index in [2.05, 4.69) is 25.7 Å². The van der Waals surface area contributed by atoms with Crippen LogP contribution in [0.2, 0.25) is 0 Å². The van der Waals surface area contributed by atoms with Crippen molar-refractivity contribution in [3.8, 4) is 0 Å². The summed E-state index contributed by atoms with van der Waals surface area (Å²) >= 11 is 0. The van der Waals surface area contributed by atoms with Gasteiger partial charge in [0.05, 0.1) is 6.10 Å². The van der Waals surface area contributed by atoms with E-state index in [1.54, 1.807) is 0 Å². The molecule has 0 aromatic rings. The summed E-state index contributed by atoms with van der Waals surface area (Å²) in [4.78, 5) is 2.78. The monoisotopic (exact) mass is 309 g/mol. The number of hydrogen-bond acceptors (Lipinski definition) is 2. The van der Waals surface area contributed by atoms with E-state index in [1.165, 1.54) is 70.6 Å². The Bertz CT molecular complexity index is 305. The van der Waals surface area contributed by atoms with Crippen molar-refractivity contribution in [2.24, 2.45) is 11.8 Å². The van der Waals surface area contributed by atoms with Gasteiger partial charge in [-0.3, -0.25) is 4.90 Å². The van der Waals surface area contributed by atoms with Crippen molar-refractivity contribution in [1.82, 2.24) is 4.90 Å². The van der Waals surface area contributed by atoms with Crippen LogP contribution in [0.3, 0.4) is 0 Å². The summed E-state index contributed by atoms with van der Waals surface area (Å²) in [6.45, 7) is 9.41. The lowest BCUT2D eigenvalue weighted by Crippen LogP contribution is -2.55. The Morgan fingerprint density at radius 3 is 1.91 bits per heavy atom. The molecule has 22 heavy (non-hydrogen) atoms. The zero-order valence-corrected chi connectivity index (χ0v) is 15.3. The smallest absolute Gasteiger partial charge is 0.0620 e. The summed E-state index contributed by atoms with van der Waals surface area (Å²) in [6, 6.07) is 0. The fourth-order valence-corrected chi connectivity index (χ4v) is 4.76. The van der Waals surface area contributed by atoms with Crippen LogP contribution in [0.4, 0.5) is 0 Å². The Labute approximate surface area is 138 Å². The average Bonchev–Trinajstić information content (AvgIpc) is 2.74. The van der Waals surface area contributed by atoms with Crippen molar-refractivity contribution in [2.75, 3.05) is 13.1 Å². The number of unbranched alkanes of at least 4 members (excludes halogenated alkanes) is 5. The van der Waals surface area contributed by atoms with Crippen molar-refractivity contribution >= 4 is 0 Å². The minimum atomic E-state index is -0.00349. The molecule has 3 unspecified atom stereocenters. The number of piperidine rings is 1. The van der Waals surface area contributed by atoms with Crippen LogP contribution in [-0.2, 0) is 0 Å². The second-order valence-electron chi connectivity index (χ2n) is 8.26. The van der Waals surface area contributed by atoms with Crippen molar-refractivity contribution in [1.29, 1.82) is 0 Å². The van der Waals surface area contributed by atoms with Crippen LogP contribution in [0.5, 0.6) is 0 Å². The minimum absolute atomic E-state index is 0.00349. The van der Waals surface area contributed by atoms with Gasteiger partial charge in [0.15, 0.2) is 0 Å². The number of aliphatic hydroxyl groups is 1. The first kappa shape index (κ1) is 18.3. The molecule has 0 aromatic heterocycles. The molecule has 1 saturated carbocycles. The third-order valence-electron chi connectivity index (χ3n) is 6.44. The van der Waals surface area contributed by atoms with Crippen LogP contribution in [-0.4, -0.2) is 34.7 Å². The van der Waals surface area contributed by atoms with Crippen molar-refractivity contribution in [3.05, 3.63) is 0 Å². The maximum atomic E-state index is 10.3. The van der Waals surface area contributed by atoms with Gasteiger partial charge >= 0.3 is 0 Å². The molecule has 2 rings (SSSR count). The van der Waals surface area contributed by atoms with Crippen LogP contribution in [0.15, 0.2) is 0 Å². The molecule has 1 N–H and O–H groups in total. The van der Waals surface area contributed by atoms with Crippen molar-refractivity contribution < 1.29 is 5.11 Å². The lowest BCUT2D eigenvalue weighted by atomic mass is 9.82. The molecule has 0 aromatic carbocycles. The Morgan fingerprint density at radius 2 is 1.36 bits per heavy atom. The third-order valence-corrected chi connectivity index (χ3v) is 6.44. The summed E-state index contributed by atoms with van der Waals surface area (Å²) in [5, 5.41) is 10.3. The predicted octanol–water partition coefficient (Wildman–Crippen LogP) is 5.00. The van der Waals surface area contributed by atoms with E-state index in [4.69, 9.17) is 0 Å². The molecule has 1 aliphatic heterocycles. The van der Waals surface area contributed by atoms with Gasteiger partial charge in [-0.25, -0.2) is 0 Å². The van der Waals surface area contributed by atoms with Crippen LogP contribution in [0.25, 0.3) is 0 Å². The lowest BCUT2D eigenvalue weighted by Gasteiger charge is -2.47. The van der Waals surface area contributed by atoms with E-state index in [9.17, 15) is 5.11 Å². The van der Waals surface area contributed by atoms with Crippen LogP contribution < -0.4 is 0 Å². The molecule has 1 aliphatic carbocycles. The SMILES string of the molecule is CCCCCCC(C)(CCCCC)N1CC2CCC(C1)C2O. The van der Waals surface area contributed by atoms with Gasteiger partial charge in [-0.05, 0) is 44.4 Å². The molecule has 0 amide bonds. The van der Waals surface area contributed by atoms with Gasteiger partial charge in [0.2, 0.25) is 0 Å². The minimum Gasteiger partial charge on any atom is -0.392 e. The first-order valence-electron chi connectivity index (χ1n) is 10.0. The van der Waals surface area contributed by atoms with Gasteiger partial charge in [0.25, 0.3) is 0 Å². The van der Waals surface area contributed by atoms with Gasteiger partial charge in [-0.15, -0.1) is 0 Å². The Balaban J connectivity index is 1.93. The zero-order chi connectivity index (χ0) is 16.0. The summed E-state index contributed by atoms with van der Waals surface area (Å²) in [6.07, 6.45) is 14.7.